The van der Waals surface area contributed by atoms with Crippen molar-refractivity contribution in [3.63, 3.8) is 0 Å². The molecule has 0 aliphatic rings. The third kappa shape index (κ3) is 4.32. The summed E-state index contributed by atoms with van der Waals surface area (Å²) in [6.45, 7) is 0. The highest BCUT2D eigenvalue weighted by Crippen LogP contribution is 2.40. The average Bonchev–Trinajstić information content (AvgIpc) is 3.84. The van der Waals surface area contributed by atoms with Crippen LogP contribution in [-0.2, 0) is 0 Å². The van der Waals surface area contributed by atoms with Crippen molar-refractivity contribution in [3.8, 4) is 34.2 Å². The van der Waals surface area contributed by atoms with Crippen LogP contribution in [0, 0.1) is 0 Å². The molecular weight excluding hydrogens is 641 g/mol. The fraction of sp³-hybridized carbons (Fsp3) is 0. The maximum Gasteiger partial charge on any atom is 0.235 e. The van der Waals surface area contributed by atoms with Crippen LogP contribution in [0.2, 0.25) is 0 Å². The predicted molar refractivity (Wildman–Crippen MR) is 214 cm³/mol. The molecule has 7 aromatic carbocycles. The molecule has 5 heteroatoms. The zero-order valence-corrected chi connectivity index (χ0v) is 28.2. The van der Waals surface area contributed by atoms with Crippen molar-refractivity contribution in [1.29, 1.82) is 0 Å². The second-order valence-corrected chi connectivity index (χ2v) is 14.1. The van der Waals surface area contributed by atoms with Gasteiger partial charge < -0.3 is 4.57 Å². The van der Waals surface area contributed by atoms with Crippen LogP contribution in [0.3, 0.4) is 0 Å². The first-order valence-corrected chi connectivity index (χ1v) is 18.0. The number of fused-ring (bicyclic) bond motifs is 9. The smallest absolute Gasteiger partial charge is 0.235 e. The monoisotopic (exact) mass is 668 g/mol. The van der Waals surface area contributed by atoms with Gasteiger partial charge >= 0.3 is 0 Å². The number of thiophene rings is 1. The molecule has 238 valence electrons. The maximum absolute atomic E-state index is 5.38. The Morgan fingerprint density at radius 3 is 1.63 bits per heavy atom. The molecule has 4 nitrogen and oxygen atoms in total. The van der Waals surface area contributed by atoms with Crippen LogP contribution in [0.1, 0.15) is 0 Å². The highest BCUT2D eigenvalue weighted by atomic mass is 32.1. The molecule has 0 saturated carbocycles. The Morgan fingerprint density at radius 1 is 0.353 bits per heavy atom. The van der Waals surface area contributed by atoms with Crippen LogP contribution >= 0.6 is 11.3 Å². The summed E-state index contributed by atoms with van der Waals surface area (Å²) in [4.78, 5) is 10.7. The van der Waals surface area contributed by atoms with Gasteiger partial charge in [-0.05, 0) is 54.6 Å². The Bertz CT molecular complexity index is 3130. The van der Waals surface area contributed by atoms with Crippen LogP contribution in [-0.4, -0.2) is 19.1 Å². The van der Waals surface area contributed by atoms with Gasteiger partial charge in [-0.1, -0.05) is 115 Å². The molecule has 0 radical (unpaired) electrons. The third-order valence-electron chi connectivity index (χ3n) is 10.1. The molecule has 11 aromatic rings. The molecule has 51 heavy (non-hydrogen) atoms. The van der Waals surface area contributed by atoms with Crippen LogP contribution in [0.4, 0.5) is 0 Å². The Morgan fingerprint density at radius 2 is 0.902 bits per heavy atom. The Balaban J connectivity index is 1.21. The number of hydrogen-bond donors (Lipinski definition) is 0. The molecule has 0 aliphatic heterocycles. The normalized spacial score (nSPS) is 11.9. The predicted octanol–water partition coefficient (Wildman–Crippen LogP) is 12.4. The number of rotatable bonds is 4. The lowest BCUT2D eigenvalue weighted by Gasteiger charge is -2.12. The van der Waals surface area contributed by atoms with Gasteiger partial charge in [0, 0.05) is 58.5 Å². The molecule has 0 N–H and O–H groups in total. The summed E-state index contributed by atoms with van der Waals surface area (Å²) in [7, 11) is 0. The van der Waals surface area contributed by atoms with Crippen molar-refractivity contribution in [2.75, 3.05) is 0 Å². The summed E-state index contributed by atoms with van der Waals surface area (Å²) in [5.74, 6) is 0.653. The lowest BCUT2D eigenvalue weighted by molar-refractivity contribution is 0.996. The SMILES string of the molecule is c1ccc(-c2cc(-c3ccc4c(c3)sc3ccccc34)nc(-n3c4ccccc4c4cc5c(cc43)c3ccccc3n5-c3ccccc3)n2)cc1. The minimum absolute atomic E-state index is 0.653. The molecule has 0 unspecified atom stereocenters. The van der Waals surface area contributed by atoms with Gasteiger partial charge in [0.25, 0.3) is 0 Å². The first-order valence-electron chi connectivity index (χ1n) is 17.2. The van der Waals surface area contributed by atoms with Crippen LogP contribution in [0.5, 0.6) is 0 Å². The maximum atomic E-state index is 5.38. The zero-order valence-electron chi connectivity index (χ0n) is 27.4. The first-order chi connectivity index (χ1) is 25.3. The van der Waals surface area contributed by atoms with Crippen LogP contribution < -0.4 is 0 Å². The van der Waals surface area contributed by atoms with E-state index in [2.05, 4.69) is 173 Å². The molecule has 0 saturated heterocycles. The molecule has 11 rings (SSSR count). The van der Waals surface area contributed by atoms with Gasteiger partial charge in [0.2, 0.25) is 5.95 Å². The summed E-state index contributed by atoms with van der Waals surface area (Å²) in [6, 6.07) is 60.6. The second kappa shape index (κ2) is 11.0. The molecule has 0 spiro atoms. The Hall–Kier alpha value is -6.56. The third-order valence-corrected chi connectivity index (χ3v) is 11.3. The van der Waals surface area contributed by atoms with E-state index in [0.29, 0.717) is 5.95 Å². The molecular formula is C46H28N4S. The van der Waals surface area contributed by atoms with Gasteiger partial charge in [-0.2, -0.15) is 0 Å². The topological polar surface area (TPSA) is 35.6 Å². The van der Waals surface area contributed by atoms with Crippen molar-refractivity contribution < 1.29 is 0 Å². The highest BCUT2D eigenvalue weighted by molar-refractivity contribution is 7.25. The van der Waals surface area contributed by atoms with E-state index in [1.165, 1.54) is 52.8 Å². The van der Waals surface area contributed by atoms with Gasteiger partial charge in [-0.3, -0.25) is 4.57 Å². The Kier molecular flexibility index (Phi) is 6.09. The molecule has 0 bridgehead atoms. The number of nitrogens with zero attached hydrogens (tertiary/aromatic N) is 4. The zero-order chi connectivity index (χ0) is 33.5. The molecule has 4 heterocycles. The van der Waals surface area contributed by atoms with E-state index in [9.17, 15) is 0 Å². The largest absolute Gasteiger partial charge is 0.309 e. The van der Waals surface area contributed by atoms with E-state index in [-0.39, 0.29) is 0 Å². The molecule has 0 aliphatic carbocycles. The van der Waals surface area contributed by atoms with Gasteiger partial charge in [0.15, 0.2) is 0 Å². The molecule has 0 amide bonds. The fourth-order valence-electron chi connectivity index (χ4n) is 7.83. The van der Waals surface area contributed by atoms with E-state index >= 15 is 0 Å². The lowest BCUT2D eigenvalue weighted by Crippen LogP contribution is -2.04. The number of benzene rings is 7. The van der Waals surface area contributed by atoms with Crippen LogP contribution in [0.25, 0.3) is 97.9 Å². The minimum Gasteiger partial charge on any atom is -0.309 e. The van der Waals surface area contributed by atoms with Crippen LogP contribution in [0.15, 0.2) is 170 Å². The first kappa shape index (κ1) is 28.3. The lowest BCUT2D eigenvalue weighted by atomic mass is 10.1. The van der Waals surface area contributed by atoms with E-state index in [1.807, 2.05) is 17.4 Å². The number of aromatic nitrogens is 4. The van der Waals surface area contributed by atoms with Crippen molar-refractivity contribution >= 4 is 75.1 Å². The Labute approximate surface area is 297 Å². The average molecular weight is 669 g/mol. The van der Waals surface area contributed by atoms with Crippen molar-refractivity contribution in [2.45, 2.75) is 0 Å². The van der Waals surface area contributed by atoms with Gasteiger partial charge in [0.1, 0.15) is 0 Å². The van der Waals surface area contributed by atoms with E-state index < -0.39 is 0 Å². The van der Waals surface area contributed by atoms with E-state index in [0.717, 1.165) is 39.2 Å². The van der Waals surface area contributed by atoms with Crippen molar-refractivity contribution in [2.24, 2.45) is 0 Å². The summed E-state index contributed by atoms with van der Waals surface area (Å²) in [6.07, 6.45) is 0. The standard InChI is InChI=1S/C46H28N4S/c1-3-13-29(14-4-1)38-28-39(30-23-24-35-34-19-9-12-22-44(34)51-45(35)25-30)48-46(47-38)50-41-21-11-8-18-33(41)37-26-42-36(27-43(37)50)32-17-7-10-20-40(32)49(42)31-15-5-2-6-16-31/h1-28H. The summed E-state index contributed by atoms with van der Waals surface area (Å²) in [5.41, 5.74) is 9.57. The number of para-hydroxylation sites is 3. The number of hydrogen-bond acceptors (Lipinski definition) is 3. The summed E-state index contributed by atoms with van der Waals surface area (Å²) in [5, 5.41) is 7.31. The minimum atomic E-state index is 0.653. The van der Waals surface area contributed by atoms with Gasteiger partial charge in [0.05, 0.1) is 33.5 Å². The molecule has 4 aromatic heterocycles. The van der Waals surface area contributed by atoms with Crippen molar-refractivity contribution in [3.05, 3.63) is 170 Å². The van der Waals surface area contributed by atoms with Gasteiger partial charge in [-0.15, -0.1) is 11.3 Å². The van der Waals surface area contributed by atoms with Gasteiger partial charge in [-0.25, -0.2) is 9.97 Å². The quantitative estimate of drug-likeness (QED) is 0.187. The van der Waals surface area contributed by atoms with E-state index in [4.69, 9.17) is 9.97 Å². The fourth-order valence-corrected chi connectivity index (χ4v) is 8.97. The summed E-state index contributed by atoms with van der Waals surface area (Å²) < 4.78 is 7.19. The molecule has 0 fully saturated rings. The van der Waals surface area contributed by atoms with E-state index in [1.54, 1.807) is 0 Å². The molecule has 0 atom stereocenters. The summed E-state index contributed by atoms with van der Waals surface area (Å²) >= 11 is 1.83. The van der Waals surface area contributed by atoms with Crippen molar-refractivity contribution in [1.82, 2.24) is 19.1 Å². The highest BCUT2D eigenvalue weighted by Gasteiger charge is 2.21. The second-order valence-electron chi connectivity index (χ2n) is 13.0.